The third-order valence-corrected chi connectivity index (χ3v) is 6.44. The summed E-state index contributed by atoms with van der Waals surface area (Å²) in [7, 11) is -3.11. The SMILES string of the molecule is COc1cc(/C=C(\C#N)C(=O)Nc2cccc(C(F)(F)F)c2)cc(Cl)c1OS(=O)(=O)c1ccc(Cl)cc1. The van der Waals surface area contributed by atoms with E-state index in [4.69, 9.17) is 32.1 Å². The lowest BCUT2D eigenvalue weighted by molar-refractivity contribution is -0.137. The average Bonchev–Trinajstić information content (AvgIpc) is 2.83. The van der Waals surface area contributed by atoms with Gasteiger partial charge < -0.3 is 14.2 Å². The van der Waals surface area contributed by atoms with E-state index in [1.54, 1.807) is 6.07 Å². The highest BCUT2D eigenvalue weighted by atomic mass is 35.5. The van der Waals surface area contributed by atoms with E-state index < -0.39 is 33.3 Å². The summed E-state index contributed by atoms with van der Waals surface area (Å²) in [6.45, 7) is 0. The number of alkyl halides is 3. The number of ether oxygens (including phenoxy) is 1. The molecule has 0 aromatic heterocycles. The number of amides is 1. The molecule has 0 radical (unpaired) electrons. The Balaban J connectivity index is 1.89. The van der Waals surface area contributed by atoms with Gasteiger partial charge in [-0.2, -0.15) is 26.9 Å². The molecule has 0 saturated heterocycles. The monoisotopic (exact) mass is 570 g/mol. The summed E-state index contributed by atoms with van der Waals surface area (Å²) in [4.78, 5) is 12.3. The zero-order valence-corrected chi connectivity index (χ0v) is 21.0. The number of nitrogens with one attached hydrogen (secondary N) is 1. The van der Waals surface area contributed by atoms with E-state index in [-0.39, 0.29) is 32.7 Å². The Morgan fingerprint density at radius 3 is 2.35 bits per heavy atom. The molecule has 0 heterocycles. The van der Waals surface area contributed by atoms with Gasteiger partial charge >= 0.3 is 16.3 Å². The molecule has 3 rings (SSSR count). The maximum absolute atomic E-state index is 12.9. The van der Waals surface area contributed by atoms with Gasteiger partial charge in [-0.15, -0.1) is 0 Å². The first-order valence-electron chi connectivity index (χ1n) is 10.0. The number of halogens is 5. The Labute approximate surface area is 219 Å². The lowest BCUT2D eigenvalue weighted by Crippen LogP contribution is -2.14. The maximum Gasteiger partial charge on any atom is 0.416 e. The fourth-order valence-electron chi connectivity index (χ4n) is 2.95. The summed E-state index contributed by atoms with van der Waals surface area (Å²) < 4.78 is 74.3. The van der Waals surface area contributed by atoms with Crippen molar-refractivity contribution in [2.24, 2.45) is 0 Å². The average molecular weight is 571 g/mol. The molecule has 0 bridgehead atoms. The third kappa shape index (κ3) is 6.95. The van der Waals surface area contributed by atoms with E-state index in [2.05, 4.69) is 5.32 Å². The van der Waals surface area contributed by atoms with Crippen LogP contribution in [0.1, 0.15) is 11.1 Å². The minimum absolute atomic E-state index is 0.133. The van der Waals surface area contributed by atoms with Crippen molar-refractivity contribution >= 4 is 51.0 Å². The van der Waals surface area contributed by atoms with E-state index in [0.29, 0.717) is 5.02 Å². The third-order valence-electron chi connectivity index (χ3n) is 4.67. The van der Waals surface area contributed by atoms with Gasteiger partial charge in [0.05, 0.1) is 17.7 Å². The van der Waals surface area contributed by atoms with Crippen LogP contribution in [0.5, 0.6) is 11.5 Å². The summed E-state index contributed by atoms with van der Waals surface area (Å²) in [6, 6.07) is 13.2. The Kier molecular flexibility index (Phi) is 8.38. The number of hydrogen-bond acceptors (Lipinski definition) is 6. The molecule has 0 aliphatic rings. The largest absolute Gasteiger partial charge is 0.493 e. The summed E-state index contributed by atoms with van der Waals surface area (Å²) in [6.07, 6.45) is -3.53. The predicted octanol–water partition coefficient (Wildman–Crippen LogP) is 6.33. The van der Waals surface area contributed by atoms with Crippen molar-refractivity contribution in [1.82, 2.24) is 0 Å². The molecule has 1 amide bonds. The standard InChI is InChI=1S/C24H15Cl2F3N2O5S/c1-35-21-11-14(10-20(26)22(21)36-37(33,34)19-7-5-17(25)6-8-19)9-15(13-30)23(32)31-18-4-2-3-16(12-18)24(27,28)29/h2-12H,1H3,(H,31,32)/b15-9+. The second-order valence-electron chi connectivity index (χ2n) is 7.23. The summed E-state index contributed by atoms with van der Waals surface area (Å²) >= 11 is 12.0. The minimum atomic E-state index is -4.62. The highest BCUT2D eigenvalue weighted by molar-refractivity contribution is 7.87. The van der Waals surface area contributed by atoms with Crippen LogP contribution in [-0.2, 0) is 21.1 Å². The van der Waals surface area contributed by atoms with Gasteiger partial charge in [0, 0.05) is 10.7 Å². The number of benzene rings is 3. The molecule has 0 aliphatic carbocycles. The van der Waals surface area contributed by atoms with Crippen LogP contribution in [0.4, 0.5) is 18.9 Å². The topological polar surface area (TPSA) is 105 Å². The summed E-state index contributed by atoms with van der Waals surface area (Å²) in [5.74, 6) is -1.46. The predicted molar refractivity (Wildman–Crippen MR) is 131 cm³/mol. The van der Waals surface area contributed by atoms with E-state index in [1.807, 2.05) is 0 Å². The molecule has 3 aromatic rings. The molecular formula is C24H15Cl2F3N2O5S. The zero-order chi connectivity index (χ0) is 27.4. The first-order chi connectivity index (χ1) is 17.3. The Hall–Kier alpha value is -3.72. The Morgan fingerprint density at radius 2 is 1.76 bits per heavy atom. The van der Waals surface area contributed by atoms with Gasteiger partial charge in [-0.05, 0) is 66.2 Å². The molecule has 7 nitrogen and oxygen atoms in total. The van der Waals surface area contributed by atoms with Gasteiger partial charge in [0.2, 0.25) is 5.75 Å². The van der Waals surface area contributed by atoms with Crippen LogP contribution in [0.25, 0.3) is 6.08 Å². The van der Waals surface area contributed by atoms with Crippen molar-refractivity contribution < 1.29 is 35.3 Å². The van der Waals surface area contributed by atoms with Gasteiger partial charge in [-0.1, -0.05) is 29.3 Å². The Bertz CT molecular complexity index is 1520. The van der Waals surface area contributed by atoms with Gasteiger partial charge in [-0.25, -0.2) is 0 Å². The van der Waals surface area contributed by atoms with Crippen LogP contribution in [0.15, 0.2) is 71.1 Å². The molecule has 13 heteroatoms. The molecular weight excluding hydrogens is 556 g/mol. The van der Waals surface area contributed by atoms with Gasteiger partial charge in [0.1, 0.15) is 16.5 Å². The number of nitrogens with zero attached hydrogens (tertiary/aromatic N) is 1. The number of rotatable bonds is 7. The zero-order valence-electron chi connectivity index (χ0n) is 18.6. The summed E-state index contributed by atoms with van der Waals surface area (Å²) in [5.41, 5.74) is -1.48. The van der Waals surface area contributed by atoms with Crippen LogP contribution < -0.4 is 14.2 Å². The molecule has 0 saturated carbocycles. The number of hydrogen-bond donors (Lipinski definition) is 1. The van der Waals surface area contributed by atoms with Crippen molar-refractivity contribution in [3.05, 3.63) is 87.4 Å². The number of carbonyl (C=O) groups is 1. The molecule has 1 N–H and O–H groups in total. The molecule has 0 spiro atoms. The number of nitriles is 1. The molecule has 192 valence electrons. The van der Waals surface area contributed by atoms with Crippen molar-refractivity contribution in [2.45, 2.75) is 11.1 Å². The second kappa shape index (κ2) is 11.1. The van der Waals surface area contributed by atoms with Crippen molar-refractivity contribution in [3.8, 4) is 17.6 Å². The first kappa shape index (κ1) is 27.9. The highest BCUT2D eigenvalue weighted by Gasteiger charge is 2.30. The van der Waals surface area contributed by atoms with E-state index in [1.165, 1.54) is 49.6 Å². The summed E-state index contributed by atoms with van der Waals surface area (Å²) in [5, 5.41) is 11.8. The lowest BCUT2D eigenvalue weighted by Gasteiger charge is -2.13. The first-order valence-corrected chi connectivity index (χ1v) is 12.2. The molecule has 0 aliphatic heterocycles. The number of methoxy groups -OCH3 is 1. The molecule has 0 fully saturated rings. The van der Waals surface area contributed by atoms with Crippen LogP contribution in [0.2, 0.25) is 10.0 Å². The molecule has 37 heavy (non-hydrogen) atoms. The normalized spacial score (nSPS) is 12.0. The van der Waals surface area contributed by atoms with Crippen molar-refractivity contribution in [1.29, 1.82) is 5.26 Å². The smallest absolute Gasteiger partial charge is 0.416 e. The van der Waals surface area contributed by atoms with Crippen LogP contribution in [0.3, 0.4) is 0 Å². The molecule has 0 atom stereocenters. The van der Waals surface area contributed by atoms with Crippen LogP contribution >= 0.6 is 23.2 Å². The quantitative estimate of drug-likeness (QED) is 0.202. The van der Waals surface area contributed by atoms with E-state index >= 15 is 0 Å². The minimum Gasteiger partial charge on any atom is -0.493 e. The highest BCUT2D eigenvalue weighted by Crippen LogP contribution is 2.39. The molecule has 0 unspecified atom stereocenters. The Morgan fingerprint density at radius 1 is 1.08 bits per heavy atom. The second-order valence-corrected chi connectivity index (χ2v) is 9.62. The van der Waals surface area contributed by atoms with E-state index in [0.717, 1.165) is 24.3 Å². The van der Waals surface area contributed by atoms with Gasteiger partial charge in [-0.3, -0.25) is 4.79 Å². The lowest BCUT2D eigenvalue weighted by atomic mass is 10.1. The van der Waals surface area contributed by atoms with Gasteiger partial charge in [0.15, 0.2) is 5.75 Å². The fraction of sp³-hybridized carbons (Fsp3) is 0.0833. The van der Waals surface area contributed by atoms with Gasteiger partial charge in [0.25, 0.3) is 5.91 Å². The number of carbonyl (C=O) groups excluding carboxylic acids is 1. The fourth-order valence-corrected chi connectivity index (χ4v) is 4.34. The van der Waals surface area contributed by atoms with Crippen molar-refractivity contribution in [2.75, 3.05) is 12.4 Å². The van der Waals surface area contributed by atoms with Crippen LogP contribution in [0, 0.1) is 11.3 Å². The van der Waals surface area contributed by atoms with Crippen LogP contribution in [-0.4, -0.2) is 21.4 Å². The maximum atomic E-state index is 12.9. The van der Waals surface area contributed by atoms with E-state index in [9.17, 15) is 31.6 Å². The van der Waals surface area contributed by atoms with Crippen molar-refractivity contribution in [3.63, 3.8) is 0 Å². The molecule has 3 aromatic carbocycles. The number of anilines is 1.